The summed E-state index contributed by atoms with van der Waals surface area (Å²) in [5.41, 5.74) is 2.99. The molecule has 21 heavy (non-hydrogen) atoms. The van der Waals surface area contributed by atoms with Crippen molar-refractivity contribution in [1.29, 1.82) is 0 Å². The van der Waals surface area contributed by atoms with Crippen molar-refractivity contribution < 1.29 is 4.74 Å². The zero-order valence-electron chi connectivity index (χ0n) is 11.2. The van der Waals surface area contributed by atoms with E-state index in [2.05, 4.69) is 25.9 Å². The van der Waals surface area contributed by atoms with Crippen LogP contribution >= 0.6 is 15.9 Å². The van der Waals surface area contributed by atoms with E-state index in [1.54, 1.807) is 12.4 Å². The van der Waals surface area contributed by atoms with Gasteiger partial charge >= 0.3 is 0 Å². The third kappa shape index (κ3) is 3.67. The van der Waals surface area contributed by atoms with Gasteiger partial charge in [0.15, 0.2) is 0 Å². The van der Waals surface area contributed by atoms with Crippen molar-refractivity contribution in [2.45, 2.75) is 6.61 Å². The van der Waals surface area contributed by atoms with Crippen LogP contribution in [-0.4, -0.2) is 9.97 Å². The van der Waals surface area contributed by atoms with Gasteiger partial charge in [-0.25, -0.2) is 4.98 Å². The first-order valence-corrected chi connectivity index (χ1v) is 7.35. The molecule has 4 heteroatoms. The van der Waals surface area contributed by atoms with Crippen molar-refractivity contribution in [3.8, 4) is 17.0 Å². The zero-order valence-corrected chi connectivity index (χ0v) is 12.8. The van der Waals surface area contributed by atoms with Crippen molar-refractivity contribution in [1.82, 2.24) is 9.97 Å². The molecule has 2 aromatic carbocycles. The average Bonchev–Trinajstić information content (AvgIpc) is 2.54. The van der Waals surface area contributed by atoms with Gasteiger partial charge in [-0.05, 0) is 45.8 Å². The maximum atomic E-state index is 5.76. The summed E-state index contributed by atoms with van der Waals surface area (Å²) in [7, 11) is 0. The molecule has 0 aliphatic carbocycles. The smallest absolute Gasteiger partial charge is 0.125 e. The van der Waals surface area contributed by atoms with Crippen LogP contribution in [0.5, 0.6) is 5.75 Å². The summed E-state index contributed by atoms with van der Waals surface area (Å²) < 4.78 is 6.49. The molecule has 0 spiro atoms. The molecule has 0 unspecified atom stereocenters. The molecule has 1 heterocycles. The number of halogens is 1. The van der Waals surface area contributed by atoms with Gasteiger partial charge in [-0.2, -0.15) is 0 Å². The summed E-state index contributed by atoms with van der Waals surface area (Å²) in [6.07, 6.45) is 3.41. The van der Waals surface area contributed by atoms with Crippen LogP contribution in [0.1, 0.15) is 5.56 Å². The molecule has 0 saturated heterocycles. The Morgan fingerprint density at radius 2 is 1.67 bits per heavy atom. The second kappa shape index (κ2) is 6.50. The molecular weight excluding hydrogens is 328 g/mol. The Kier molecular flexibility index (Phi) is 4.26. The number of aromatic nitrogens is 2. The molecule has 0 bridgehead atoms. The number of nitrogens with zero attached hydrogens (tertiary/aromatic N) is 2. The molecule has 3 rings (SSSR count). The van der Waals surface area contributed by atoms with Crippen molar-refractivity contribution in [2.24, 2.45) is 0 Å². The van der Waals surface area contributed by atoms with Crippen LogP contribution in [0.4, 0.5) is 0 Å². The highest BCUT2D eigenvalue weighted by Crippen LogP contribution is 2.21. The highest BCUT2D eigenvalue weighted by molar-refractivity contribution is 9.10. The SMILES string of the molecule is Brc1cncc(-c2ccc(OCc3ccccc3)cc2)n1. The van der Waals surface area contributed by atoms with Gasteiger partial charge in [-0.1, -0.05) is 30.3 Å². The summed E-state index contributed by atoms with van der Waals surface area (Å²) in [6.45, 7) is 0.566. The van der Waals surface area contributed by atoms with Crippen molar-refractivity contribution in [3.63, 3.8) is 0 Å². The molecule has 0 radical (unpaired) electrons. The van der Waals surface area contributed by atoms with E-state index < -0.39 is 0 Å². The third-order valence-electron chi connectivity index (χ3n) is 3.00. The molecule has 104 valence electrons. The van der Waals surface area contributed by atoms with E-state index in [4.69, 9.17) is 4.74 Å². The lowest BCUT2D eigenvalue weighted by molar-refractivity contribution is 0.306. The molecule has 0 fully saturated rings. The second-order valence-corrected chi connectivity index (χ2v) is 5.34. The first-order valence-electron chi connectivity index (χ1n) is 6.56. The summed E-state index contributed by atoms with van der Waals surface area (Å²) >= 11 is 3.33. The first-order chi connectivity index (χ1) is 10.3. The van der Waals surface area contributed by atoms with E-state index in [1.807, 2.05) is 54.6 Å². The Labute approximate surface area is 131 Å². The molecule has 0 amide bonds. The van der Waals surface area contributed by atoms with Crippen LogP contribution in [0.2, 0.25) is 0 Å². The Bertz CT molecular complexity index is 714. The lowest BCUT2D eigenvalue weighted by atomic mass is 10.1. The second-order valence-electron chi connectivity index (χ2n) is 4.53. The Morgan fingerprint density at radius 3 is 2.38 bits per heavy atom. The Morgan fingerprint density at radius 1 is 0.905 bits per heavy atom. The first kappa shape index (κ1) is 13.8. The van der Waals surface area contributed by atoms with Crippen LogP contribution in [-0.2, 0) is 6.61 Å². The minimum absolute atomic E-state index is 0.566. The quantitative estimate of drug-likeness (QED) is 0.702. The number of rotatable bonds is 4. The van der Waals surface area contributed by atoms with Gasteiger partial charge in [-0.15, -0.1) is 0 Å². The van der Waals surface area contributed by atoms with E-state index in [0.29, 0.717) is 6.61 Å². The molecule has 1 aromatic heterocycles. The predicted octanol–water partition coefficient (Wildman–Crippen LogP) is 4.49. The summed E-state index contributed by atoms with van der Waals surface area (Å²) in [5, 5.41) is 0. The molecule has 0 N–H and O–H groups in total. The van der Waals surface area contributed by atoms with Crippen LogP contribution in [0, 0.1) is 0 Å². The van der Waals surface area contributed by atoms with E-state index in [1.165, 1.54) is 0 Å². The Hall–Kier alpha value is -2.20. The van der Waals surface area contributed by atoms with Crippen LogP contribution in [0.25, 0.3) is 11.3 Å². The van der Waals surface area contributed by atoms with Gasteiger partial charge in [0.2, 0.25) is 0 Å². The number of hydrogen-bond acceptors (Lipinski definition) is 3. The molecule has 3 aromatic rings. The van der Waals surface area contributed by atoms with Crippen molar-refractivity contribution in [3.05, 3.63) is 77.2 Å². The van der Waals surface area contributed by atoms with E-state index >= 15 is 0 Å². The fourth-order valence-corrected chi connectivity index (χ4v) is 2.25. The van der Waals surface area contributed by atoms with Crippen molar-refractivity contribution >= 4 is 15.9 Å². The third-order valence-corrected chi connectivity index (χ3v) is 3.39. The summed E-state index contributed by atoms with van der Waals surface area (Å²) in [6, 6.07) is 18.0. The molecular formula is C17H13BrN2O. The van der Waals surface area contributed by atoms with Crippen molar-refractivity contribution in [2.75, 3.05) is 0 Å². The van der Waals surface area contributed by atoms with Gasteiger partial charge in [0.1, 0.15) is 17.0 Å². The van der Waals surface area contributed by atoms with Gasteiger partial charge in [0.05, 0.1) is 18.1 Å². The normalized spacial score (nSPS) is 10.3. The van der Waals surface area contributed by atoms with E-state index in [9.17, 15) is 0 Å². The average molecular weight is 341 g/mol. The van der Waals surface area contributed by atoms with Crippen LogP contribution in [0.15, 0.2) is 71.6 Å². The number of ether oxygens (including phenoxy) is 1. The lowest BCUT2D eigenvalue weighted by Crippen LogP contribution is -1.95. The largest absolute Gasteiger partial charge is 0.489 e. The number of benzene rings is 2. The highest BCUT2D eigenvalue weighted by atomic mass is 79.9. The highest BCUT2D eigenvalue weighted by Gasteiger charge is 2.02. The fraction of sp³-hybridized carbons (Fsp3) is 0.0588. The van der Waals surface area contributed by atoms with E-state index in [-0.39, 0.29) is 0 Å². The van der Waals surface area contributed by atoms with Gasteiger partial charge in [0, 0.05) is 5.56 Å². The topological polar surface area (TPSA) is 35.0 Å². The molecule has 3 nitrogen and oxygen atoms in total. The Balaban J connectivity index is 1.69. The monoisotopic (exact) mass is 340 g/mol. The minimum atomic E-state index is 0.566. The van der Waals surface area contributed by atoms with Gasteiger partial charge in [0.25, 0.3) is 0 Å². The summed E-state index contributed by atoms with van der Waals surface area (Å²) in [5.74, 6) is 0.838. The molecule has 0 aliphatic heterocycles. The minimum Gasteiger partial charge on any atom is -0.489 e. The molecule has 0 aliphatic rings. The molecule has 0 saturated carbocycles. The zero-order chi connectivity index (χ0) is 14.5. The van der Waals surface area contributed by atoms with E-state index in [0.717, 1.165) is 27.2 Å². The maximum absolute atomic E-state index is 5.76. The van der Waals surface area contributed by atoms with Crippen LogP contribution in [0.3, 0.4) is 0 Å². The lowest BCUT2D eigenvalue weighted by Gasteiger charge is -2.07. The summed E-state index contributed by atoms with van der Waals surface area (Å²) in [4.78, 5) is 8.50. The van der Waals surface area contributed by atoms with Crippen LogP contribution < -0.4 is 4.74 Å². The fourth-order valence-electron chi connectivity index (χ4n) is 1.94. The predicted molar refractivity (Wildman–Crippen MR) is 85.9 cm³/mol. The number of hydrogen-bond donors (Lipinski definition) is 0. The maximum Gasteiger partial charge on any atom is 0.125 e. The van der Waals surface area contributed by atoms with Gasteiger partial charge < -0.3 is 4.74 Å². The molecule has 0 atom stereocenters. The van der Waals surface area contributed by atoms with Gasteiger partial charge in [-0.3, -0.25) is 4.98 Å². The standard InChI is InChI=1S/C17H13BrN2O/c18-17-11-19-10-16(20-17)14-6-8-15(9-7-14)21-12-13-4-2-1-3-5-13/h1-11H,12H2.